The maximum Gasteiger partial charge on any atom is 0.0998 e. The van der Waals surface area contributed by atoms with Gasteiger partial charge in [0, 0.05) is 11.3 Å². The SMILES string of the molecule is CCc1cc(-c2c(C)cccc2C#N)ccc1N. The predicted molar refractivity (Wildman–Crippen MR) is 75.1 cm³/mol. The molecule has 0 aliphatic heterocycles. The van der Waals surface area contributed by atoms with E-state index in [0.29, 0.717) is 5.56 Å². The van der Waals surface area contributed by atoms with E-state index in [1.165, 1.54) is 0 Å². The van der Waals surface area contributed by atoms with Crippen LogP contribution in [0.5, 0.6) is 0 Å². The maximum absolute atomic E-state index is 9.21. The number of nitrogens with zero attached hydrogens (tertiary/aromatic N) is 1. The van der Waals surface area contributed by atoms with Gasteiger partial charge in [-0.1, -0.05) is 25.1 Å². The van der Waals surface area contributed by atoms with Gasteiger partial charge in [-0.3, -0.25) is 0 Å². The summed E-state index contributed by atoms with van der Waals surface area (Å²) in [4.78, 5) is 0. The fourth-order valence-electron chi connectivity index (χ4n) is 2.21. The van der Waals surface area contributed by atoms with Crippen molar-refractivity contribution in [3.63, 3.8) is 0 Å². The Balaban J connectivity index is 2.66. The summed E-state index contributed by atoms with van der Waals surface area (Å²) in [6.45, 7) is 4.11. The van der Waals surface area contributed by atoms with Crippen molar-refractivity contribution in [1.29, 1.82) is 5.26 Å². The molecule has 0 aliphatic carbocycles. The van der Waals surface area contributed by atoms with Crippen LogP contribution >= 0.6 is 0 Å². The van der Waals surface area contributed by atoms with E-state index in [1.54, 1.807) is 0 Å². The van der Waals surface area contributed by atoms with Crippen molar-refractivity contribution in [1.82, 2.24) is 0 Å². The first-order valence-electron chi connectivity index (χ1n) is 6.05. The zero-order valence-electron chi connectivity index (χ0n) is 10.7. The second kappa shape index (κ2) is 4.93. The largest absolute Gasteiger partial charge is 0.399 e. The molecule has 90 valence electrons. The molecule has 2 aromatic rings. The standard InChI is InChI=1S/C16H16N2/c1-3-12-9-13(7-8-15(12)18)16-11(2)5-4-6-14(16)10-17/h4-9H,3,18H2,1-2H3. The van der Waals surface area contributed by atoms with Crippen molar-refractivity contribution in [3.8, 4) is 17.2 Å². The second-order valence-electron chi connectivity index (χ2n) is 4.38. The molecular formula is C16H16N2. The molecule has 0 heterocycles. The van der Waals surface area contributed by atoms with Crippen LogP contribution in [-0.2, 0) is 6.42 Å². The third kappa shape index (κ3) is 2.08. The van der Waals surface area contributed by atoms with Gasteiger partial charge in [-0.05, 0) is 48.2 Å². The van der Waals surface area contributed by atoms with E-state index in [-0.39, 0.29) is 0 Å². The number of aryl methyl sites for hydroxylation is 2. The second-order valence-corrected chi connectivity index (χ2v) is 4.38. The lowest BCUT2D eigenvalue weighted by Crippen LogP contribution is -1.95. The average Bonchev–Trinajstić information content (AvgIpc) is 2.39. The van der Waals surface area contributed by atoms with Crippen molar-refractivity contribution in [2.45, 2.75) is 20.3 Å². The molecule has 0 amide bonds. The highest BCUT2D eigenvalue weighted by molar-refractivity contribution is 5.75. The number of benzene rings is 2. The molecule has 0 aliphatic rings. The summed E-state index contributed by atoms with van der Waals surface area (Å²) in [5.41, 5.74) is 11.8. The fourth-order valence-corrected chi connectivity index (χ4v) is 2.21. The van der Waals surface area contributed by atoms with Crippen molar-refractivity contribution in [3.05, 3.63) is 53.1 Å². The lowest BCUT2D eigenvalue weighted by Gasteiger charge is -2.11. The van der Waals surface area contributed by atoms with Gasteiger partial charge in [-0.2, -0.15) is 5.26 Å². The van der Waals surface area contributed by atoms with Crippen LogP contribution in [0.4, 0.5) is 5.69 Å². The molecule has 18 heavy (non-hydrogen) atoms. The molecule has 0 saturated heterocycles. The Bertz CT molecular complexity index is 621. The Kier molecular flexibility index (Phi) is 3.34. The molecule has 2 nitrogen and oxygen atoms in total. The first-order chi connectivity index (χ1) is 8.67. The first-order valence-corrected chi connectivity index (χ1v) is 6.05. The van der Waals surface area contributed by atoms with Gasteiger partial charge in [-0.15, -0.1) is 0 Å². The number of nitriles is 1. The van der Waals surface area contributed by atoms with E-state index >= 15 is 0 Å². The maximum atomic E-state index is 9.21. The van der Waals surface area contributed by atoms with Crippen LogP contribution in [0.15, 0.2) is 36.4 Å². The predicted octanol–water partition coefficient (Wildman–Crippen LogP) is 3.68. The van der Waals surface area contributed by atoms with Crippen LogP contribution in [0.3, 0.4) is 0 Å². The molecule has 0 unspecified atom stereocenters. The quantitative estimate of drug-likeness (QED) is 0.809. The minimum absolute atomic E-state index is 0.710. The summed E-state index contributed by atoms with van der Waals surface area (Å²) in [5.74, 6) is 0. The molecule has 0 saturated carbocycles. The van der Waals surface area contributed by atoms with Gasteiger partial charge in [0.25, 0.3) is 0 Å². The third-order valence-corrected chi connectivity index (χ3v) is 3.21. The Morgan fingerprint density at radius 1 is 1.22 bits per heavy atom. The van der Waals surface area contributed by atoms with E-state index in [2.05, 4.69) is 19.1 Å². The summed E-state index contributed by atoms with van der Waals surface area (Å²) in [6.07, 6.45) is 0.896. The lowest BCUT2D eigenvalue weighted by molar-refractivity contribution is 1.14. The molecular weight excluding hydrogens is 220 g/mol. The highest BCUT2D eigenvalue weighted by Gasteiger charge is 2.09. The summed E-state index contributed by atoms with van der Waals surface area (Å²) in [6, 6.07) is 14.0. The zero-order valence-corrected chi connectivity index (χ0v) is 10.7. The first kappa shape index (κ1) is 12.2. The number of hydrogen-bond acceptors (Lipinski definition) is 2. The monoisotopic (exact) mass is 236 g/mol. The summed E-state index contributed by atoms with van der Waals surface area (Å²) >= 11 is 0. The van der Waals surface area contributed by atoms with Gasteiger partial charge in [-0.25, -0.2) is 0 Å². The smallest absolute Gasteiger partial charge is 0.0998 e. The molecule has 0 aromatic heterocycles. The molecule has 2 N–H and O–H groups in total. The van der Waals surface area contributed by atoms with Gasteiger partial charge >= 0.3 is 0 Å². The summed E-state index contributed by atoms with van der Waals surface area (Å²) < 4.78 is 0. The molecule has 2 aromatic carbocycles. The number of nitrogens with two attached hydrogens (primary N) is 1. The molecule has 0 fully saturated rings. The van der Waals surface area contributed by atoms with E-state index in [4.69, 9.17) is 5.73 Å². The minimum Gasteiger partial charge on any atom is -0.399 e. The van der Waals surface area contributed by atoms with Crippen molar-refractivity contribution >= 4 is 5.69 Å². The highest BCUT2D eigenvalue weighted by atomic mass is 14.6. The van der Waals surface area contributed by atoms with Crippen LogP contribution in [-0.4, -0.2) is 0 Å². The average molecular weight is 236 g/mol. The molecule has 2 heteroatoms. The number of anilines is 1. The normalized spacial score (nSPS) is 10.1. The summed E-state index contributed by atoms with van der Waals surface area (Å²) in [5, 5.41) is 9.21. The Labute approximate surface area is 108 Å². The van der Waals surface area contributed by atoms with Gasteiger partial charge in [0.15, 0.2) is 0 Å². The highest BCUT2D eigenvalue weighted by Crippen LogP contribution is 2.29. The van der Waals surface area contributed by atoms with Gasteiger partial charge in [0.2, 0.25) is 0 Å². The van der Waals surface area contributed by atoms with Gasteiger partial charge < -0.3 is 5.73 Å². The summed E-state index contributed by atoms with van der Waals surface area (Å²) in [7, 11) is 0. The molecule has 0 spiro atoms. The number of rotatable bonds is 2. The Hall–Kier alpha value is -2.27. The van der Waals surface area contributed by atoms with Crippen LogP contribution in [0.2, 0.25) is 0 Å². The van der Waals surface area contributed by atoms with Crippen LogP contribution in [0.1, 0.15) is 23.6 Å². The molecule has 2 rings (SSSR count). The van der Waals surface area contributed by atoms with Crippen molar-refractivity contribution < 1.29 is 0 Å². The van der Waals surface area contributed by atoms with Gasteiger partial charge in [0.05, 0.1) is 11.6 Å². The lowest BCUT2D eigenvalue weighted by atomic mass is 9.93. The molecule has 0 atom stereocenters. The van der Waals surface area contributed by atoms with E-state index in [1.807, 2.05) is 37.3 Å². The van der Waals surface area contributed by atoms with Crippen molar-refractivity contribution in [2.24, 2.45) is 0 Å². The topological polar surface area (TPSA) is 49.8 Å². The van der Waals surface area contributed by atoms with E-state index in [9.17, 15) is 5.26 Å². The zero-order chi connectivity index (χ0) is 13.1. The molecule has 0 bridgehead atoms. The number of nitrogen functional groups attached to an aromatic ring is 1. The molecule has 0 radical (unpaired) electrons. The van der Waals surface area contributed by atoms with Crippen LogP contribution in [0.25, 0.3) is 11.1 Å². The Morgan fingerprint density at radius 2 is 2.00 bits per heavy atom. The number of hydrogen-bond donors (Lipinski definition) is 1. The minimum atomic E-state index is 0.710. The van der Waals surface area contributed by atoms with Crippen molar-refractivity contribution in [2.75, 3.05) is 5.73 Å². The van der Waals surface area contributed by atoms with Crippen LogP contribution < -0.4 is 5.73 Å². The van der Waals surface area contributed by atoms with Crippen LogP contribution in [0, 0.1) is 18.3 Å². The van der Waals surface area contributed by atoms with E-state index < -0.39 is 0 Å². The third-order valence-electron chi connectivity index (χ3n) is 3.21. The Morgan fingerprint density at radius 3 is 2.67 bits per heavy atom. The van der Waals surface area contributed by atoms with Gasteiger partial charge in [0.1, 0.15) is 0 Å². The fraction of sp³-hybridized carbons (Fsp3) is 0.188. The van der Waals surface area contributed by atoms with E-state index in [0.717, 1.165) is 34.4 Å².